The number of carbonyl (C=O) groups is 3. The molecule has 0 heterocycles. The molecule has 0 fully saturated rings. The lowest BCUT2D eigenvalue weighted by molar-refractivity contribution is -0.141. The van der Waals surface area contributed by atoms with Crippen molar-refractivity contribution >= 4 is 30.5 Å². The van der Waals surface area contributed by atoms with Gasteiger partial charge in [0.05, 0.1) is 6.07 Å². The van der Waals surface area contributed by atoms with Gasteiger partial charge in [-0.05, 0) is 59.1 Å². The minimum absolute atomic E-state index is 0.0343. The number of aryl methyl sites for hydroxylation is 2. The lowest BCUT2D eigenvalue weighted by Crippen LogP contribution is -2.54. The highest BCUT2D eigenvalue weighted by Gasteiger charge is 2.36. The van der Waals surface area contributed by atoms with E-state index in [-0.39, 0.29) is 24.2 Å². The highest BCUT2D eigenvalue weighted by Crippen LogP contribution is 2.26. The number of hydrogen-bond acceptors (Lipinski definition) is 6. The van der Waals surface area contributed by atoms with Crippen LogP contribution in [0.1, 0.15) is 70.2 Å². The van der Waals surface area contributed by atoms with Crippen LogP contribution in [-0.4, -0.2) is 52.8 Å². The van der Waals surface area contributed by atoms with Crippen molar-refractivity contribution in [1.82, 2.24) is 15.5 Å². The standard InChI is InChI=1S/C25H38N4O4S/c1-8-9-18(4)27-22(30)21(19-11-10-16(2)14-17(19)3)29(13-12-26)23(31)20(15-34)28-24(32)33-25(5,6)7/h10-11,14,18,20-21,34H,8-9,13,15H2,1-7H3,(H,27,30)(H,28,32). The van der Waals surface area contributed by atoms with E-state index in [1.54, 1.807) is 26.8 Å². The average Bonchev–Trinajstić information content (AvgIpc) is 2.71. The Labute approximate surface area is 208 Å². The molecule has 0 aromatic heterocycles. The fourth-order valence-electron chi connectivity index (χ4n) is 3.62. The van der Waals surface area contributed by atoms with E-state index in [1.165, 1.54) is 4.90 Å². The average molecular weight is 491 g/mol. The summed E-state index contributed by atoms with van der Waals surface area (Å²) in [6.45, 7) is 12.5. The van der Waals surface area contributed by atoms with Gasteiger partial charge in [0.15, 0.2) is 0 Å². The van der Waals surface area contributed by atoms with Crippen LogP contribution in [0.2, 0.25) is 0 Å². The minimum Gasteiger partial charge on any atom is -0.444 e. The number of alkyl carbamates (subject to hydrolysis) is 1. The van der Waals surface area contributed by atoms with Crippen LogP contribution in [0.4, 0.5) is 4.79 Å². The molecule has 0 aliphatic heterocycles. The van der Waals surface area contributed by atoms with Crippen LogP contribution in [0.25, 0.3) is 0 Å². The molecule has 0 spiro atoms. The molecule has 3 atom stereocenters. The Bertz CT molecular complexity index is 907. The number of nitrogens with one attached hydrogen (secondary N) is 2. The number of amides is 3. The van der Waals surface area contributed by atoms with Crippen molar-refractivity contribution in [2.24, 2.45) is 0 Å². The SMILES string of the molecule is CCCC(C)NC(=O)C(c1ccc(C)cc1C)N(CC#N)C(=O)C(CS)NC(=O)OC(C)(C)C. The molecule has 1 aromatic rings. The van der Waals surface area contributed by atoms with Crippen LogP contribution in [0.15, 0.2) is 18.2 Å². The van der Waals surface area contributed by atoms with Crippen LogP contribution in [0, 0.1) is 25.2 Å². The number of carbonyl (C=O) groups excluding carboxylic acids is 3. The maximum atomic E-state index is 13.6. The van der Waals surface area contributed by atoms with Gasteiger partial charge in [-0.15, -0.1) is 0 Å². The maximum Gasteiger partial charge on any atom is 0.408 e. The second-order valence-corrected chi connectivity index (χ2v) is 9.83. The molecule has 0 radical (unpaired) electrons. The van der Waals surface area contributed by atoms with Crippen molar-refractivity contribution in [3.8, 4) is 6.07 Å². The highest BCUT2D eigenvalue weighted by atomic mass is 32.1. The Hall–Kier alpha value is -2.73. The number of nitrogens with zero attached hydrogens (tertiary/aromatic N) is 2. The van der Waals surface area contributed by atoms with Crippen molar-refractivity contribution in [3.63, 3.8) is 0 Å². The molecule has 0 saturated heterocycles. The van der Waals surface area contributed by atoms with Crippen LogP contribution >= 0.6 is 12.6 Å². The molecular weight excluding hydrogens is 452 g/mol. The van der Waals surface area contributed by atoms with Gasteiger partial charge < -0.3 is 20.3 Å². The summed E-state index contributed by atoms with van der Waals surface area (Å²) < 4.78 is 5.27. The molecule has 2 N–H and O–H groups in total. The fourth-order valence-corrected chi connectivity index (χ4v) is 3.87. The van der Waals surface area contributed by atoms with Gasteiger partial charge in [-0.25, -0.2) is 4.79 Å². The van der Waals surface area contributed by atoms with E-state index in [9.17, 15) is 19.6 Å². The quantitative estimate of drug-likeness (QED) is 0.341. The molecule has 0 aliphatic carbocycles. The zero-order chi connectivity index (χ0) is 26.1. The van der Waals surface area contributed by atoms with Gasteiger partial charge in [0, 0.05) is 11.8 Å². The van der Waals surface area contributed by atoms with E-state index in [4.69, 9.17) is 4.74 Å². The zero-order valence-electron chi connectivity index (χ0n) is 21.3. The lowest BCUT2D eigenvalue weighted by Gasteiger charge is -2.34. The first-order chi connectivity index (χ1) is 15.8. The minimum atomic E-state index is -1.08. The van der Waals surface area contributed by atoms with E-state index >= 15 is 0 Å². The summed E-state index contributed by atoms with van der Waals surface area (Å²) in [6, 6.07) is 5.34. The molecule has 3 unspecified atom stereocenters. The monoisotopic (exact) mass is 490 g/mol. The van der Waals surface area contributed by atoms with Gasteiger partial charge in [0.25, 0.3) is 0 Å². The number of hydrogen-bond donors (Lipinski definition) is 3. The van der Waals surface area contributed by atoms with E-state index < -0.39 is 29.7 Å². The smallest absolute Gasteiger partial charge is 0.408 e. The second kappa shape index (κ2) is 13.2. The van der Waals surface area contributed by atoms with E-state index in [1.807, 2.05) is 45.9 Å². The Balaban J connectivity index is 3.41. The normalized spacial score (nSPS) is 13.7. The lowest BCUT2D eigenvalue weighted by atomic mass is 9.96. The summed E-state index contributed by atoms with van der Waals surface area (Å²) in [5.74, 6) is -1.01. The van der Waals surface area contributed by atoms with Gasteiger partial charge in [0.2, 0.25) is 11.8 Å². The molecule has 188 valence electrons. The fraction of sp³-hybridized carbons (Fsp3) is 0.600. The molecule has 0 bridgehead atoms. The zero-order valence-corrected chi connectivity index (χ0v) is 22.2. The van der Waals surface area contributed by atoms with E-state index in [0.717, 1.165) is 24.0 Å². The second-order valence-electron chi connectivity index (χ2n) is 9.47. The molecule has 3 amide bonds. The van der Waals surface area contributed by atoms with Gasteiger partial charge in [-0.1, -0.05) is 37.1 Å². The summed E-state index contributed by atoms with van der Waals surface area (Å²) in [4.78, 5) is 40.5. The first-order valence-corrected chi connectivity index (χ1v) is 12.1. The predicted octanol–water partition coefficient (Wildman–Crippen LogP) is 3.82. The Morgan fingerprint density at radius 2 is 1.85 bits per heavy atom. The van der Waals surface area contributed by atoms with Gasteiger partial charge >= 0.3 is 6.09 Å². The summed E-state index contributed by atoms with van der Waals surface area (Å²) in [6.07, 6.45) is 0.885. The summed E-state index contributed by atoms with van der Waals surface area (Å²) in [7, 11) is 0. The number of benzene rings is 1. The third-order valence-corrected chi connectivity index (χ3v) is 5.45. The van der Waals surface area contributed by atoms with Crippen molar-refractivity contribution < 1.29 is 19.1 Å². The number of ether oxygens (including phenoxy) is 1. The molecule has 0 aliphatic rings. The molecule has 1 rings (SSSR count). The Morgan fingerprint density at radius 1 is 1.21 bits per heavy atom. The van der Waals surface area contributed by atoms with Crippen molar-refractivity contribution in [3.05, 3.63) is 34.9 Å². The Morgan fingerprint density at radius 3 is 2.35 bits per heavy atom. The Kier molecular flexibility index (Phi) is 11.4. The van der Waals surface area contributed by atoms with Crippen molar-refractivity contribution in [2.75, 3.05) is 12.3 Å². The maximum absolute atomic E-state index is 13.6. The third kappa shape index (κ3) is 8.90. The summed E-state index contributed by atoms with van der Waals surface area (Å²) in [5, 5.41) is 15.0. The molecule has 0 saturated carbocycles. The predicted molar refractivity (Wildman–Crippen MR) is 136 cm³/mol. The molecule has 34 heavy (non-hydrogen) atoms. The van der Waals surface area contributed by atoms with Crippen LogP contribution in [0.3, 0.4) is 0 Å². The number of nitriles is 1. The summed E-state index contributed by atoms with van der Waals surface area (Å²) >= 11 is 4.23. The van der Waals surface area contributed by atoms with Crippen LogP contribution in [0.5, 0.6) is 0 Å². The summed E-state index contributed by atoms with van der Waals surface area (Å²) in [5.41, 5.74) is 1.70. The van der Waals surface area contributed by atoms with E-state index in [0.29, 0.717) is 5.56 Å². The number of rotatable bonds is 10. The van der Waals surface area contributed by atoms with Gasteiger partial charge in [0.1, 0.15) is 24.2 Å². The first kappa shape index (κ1) is 29.3. The van der Waals surface area contributed by atoms with E-state index in [2.05, 4.69) is 23.3 Å². The largest absolute Gasteiger partial charge is 0.444 e. The molecule has 8 nitrogen and oxygen atoms in total. The van der Waals surface area contributed by atoms with Gasteiger partial charge in [-0.2, -0.15) is 17.9 Å². The third-order valence-electron chi connectivity index (χ3n) is 5.09. The first-order valence-electron chi connectivity index (χ1n) is 11.5. The van der Waals surface area contributed by atoms with Crippen LogP contribution in [-0.2, 0) is 14.3 Å². The molecule has 1 aromatic carbocycles. The van der Waals surface area contributed by atoms with Gasteiger partial charge in [-0.3, -0.25) is 9.59 Å². The van der Waals surface area contributed by atoms with Crippen molar-refractivity contribution in [2.45, 2.75) is 85.0 Å². The topological polar surface area (TPSA) is 112 Å². The van der Waals surface area contributed by atoms with Crippen molar-refractivity contribution in [1.29, 1.82) is 5.26 Å². The van der Waals surface area contributed by atoms with Crippen LogP contribution < -0.4 is 10.6 Å². The highest BCUT2D eigenvalue weighted by molar-refractivity contribution is 7.80. The number of thiol groups is 1. The molecule has 9 heteroatoms. The molecular formula is C25H38N4O4S.